The summed E-state index contributed by atoms with van der Waals surface area (Å²) in [6.07, 6.45) is 2.05. The highest BCUT2D eigenvalue weighted by atomic mass is 16.5. The molecule has 1 aliphatic rings. The number of nitrogens with zero attached hydrogens (tertiary/aromatic N) is 1. The molecule has 0 radical (unpaired) electrons. The van der Waals surface area contributed by atoms with Crippen LogP contribution in [0, 0.1) is 0 Å². The molecule has 68 valence electrons. The fourth-order valence-electron chi connectivity index (χ4n) is 1.46. The molecule has 0 bridgehead atoms. The first-order chi connectivity index (χ1) is 6.08. The Morgan fingerprint density at radius 1 is 1.54 bits per heavy atom. The molecule has 13 heavy (non-hydrogen) atoms. The summed E-state index contributed by atoms with van der Waals surface area (Å²) < 4.78 is 5.56. The van der Waals surface area contributed by atoms with Gasteiger partial charge in [-0.3, -0.25) is 4.79 Å². The third-order valence-corrected chi connectivity index (χ3v) is 2.03. The van der Waals surface area contributed by atoms with Crippen molar-refractivity contribution in [3.05, 3.63) is 23.9 Å². The quantitative estimate of drug-likeness (QED) is 0.606. The summed E-state index contributed by atoms with van der Waals surface area (Å²) in [5.41, 5.74) is 0.181. The van der Waals surface area contributed by atoms with Gasteiger partial charge in [0.1, 0.15) is 5.60 Å². The third-order valence-electron chi connectivity index (χ3n) is 2.03. The van der Waals surface area contributed by atoms with Crippen molar-refractivity contribution in [2.45, 2.75) is 25.9 Å². The van der Waals surface area contributed by atoms with Crippen molar-refractivity contribution in [3.8, 4) is 5.88 Å². The van der Waals surface area contributed by atoms with E-state index >= 15 is 0 Å². The molecular formula is C10H11NO2. The highest BCUT2D eigenvalue weighted by Crippen LogP contribution is 2.30. The average Bonchev–Trinajstić information content (AvgIpc) is 2.02. The number of carbonyl (C=O) groups excluding carboxylic acids is 1. The summed E-state index contributed by atoms with van der Waals surface area (Å²) in [4.78, 5) is 15.6. The van der Waals surface area contributed by atoms with Gasteiger partial charge in [-0.2, -0.15) is 0 Å². The monoisotopic (exact) mass is 177 g/mol. The van der Waals surface area contributed by atoms with Gasteiger partial charge in [-0.1, -0.05) is 0 Å². The number of fused-ring (bicyclic) bond motifs is 1. The smallest absolute Gasteiger partial charge is 0.224 e. The summed E-state index contributed by atoms with van der Waals surface area (Å²) in [5, 5.41) is 0. The van der Waals surface area contributed by atoms with Gasteiger partial charge in [-0.15, -0.1) is 0 Å². The summed E-state index contributed by atoms with van der Waals surface area (Å²) >= 11 is 0. The van der Waals surface area contributed by atoms with Crippen LogP contribution in [-0.4, -0.2) is 16.4 Å². The van der Waals surface area contributed by atoms with Crippen LogP contribution in [0.25, 0.3) is 0 Å². The van der Waals surface area contributed by atoms with Gasteiger partial charge in [0, 0.05) is 6.20 Å². The van der Waals surface area contributed by atoms with Crippen LogP contribution in [0.1, 0.15) is 30.6 Å². The number of hydrogen-bond acceptors (Lipinski definition) is 3. The maximum Gasteiger partial charge on any atom is 0.224 e. The lowest BCUT2D eigenvalue weighted by molar-refractivity contribution is 0.0590. The van der Waals surface area contributed by atoms with Crippen molar-refractivity contribution < 1.29 is 9.53 Å². The van der Waals surface area contributed by atoms with Crippen molar-refractivity contribution in [1.82, 2.24) is 4.98 Å². The first-order valence-corrected chi connectivity index (χ1v) is 4.26. The molecule has 0 aromatic carbocycles. The zero-order valence-electron chi connectivity index (χ0n) is 7.70. The Kier molecular flexibility index (Phi) is 1.62. The Bertz CT molecular complexity index is 358. The molecule has 0 amide bonds. The number of carbonyl (C=O) groups is 1. The van der Waals surface area contributed by atoms with Gasteiger partial charge in [-0.25, -0.2) is 4.98 Å². The molecule has 0 saturated carbocycles. The average molecular weight is 177 g/mol. The SMILES string of the molecule is CC1(C)CC(=O)c2cccnc2O1. The van der Waals surface area contributed by atoms with Crippen molar-refractivity contribution in [2.24, 2.45) is 0 Å². The molecule has 0 atom stereocenters. The van der Waals surface area contributed by atoms with E-state index in [0.29, 0.717) is 17.9 Å². The summed E-state index contributed by atoms with van der Waals surface area (Å²) in [7, 11) is 0. The van der Waals surface area contributed by atoms with E-state index in [4.69, 9.17) is 4.74 Å². The largest absolute Gasteiger partial charge is 0.471 e. The molecule has 0 spiro atoms. The first-order valence-electron chi connectivity index (χ1n) is 4.26. The molecule has 3 heteroatoms. The Morgan fingerprint density at radius 3 is 3.08 bits per heavy atom. The Balaban J connectivity index is 2.49. The van der Waals surface area contributed by atoms with Gasteiger partial charge in [0.25, 0.3) is 0 Å². The normalized spacial score (nSPS) is 19.1. The number of hydrogen-bond donors (Lipinski definition) is 0. The minimum absolute atomic E-state index is 0.111. The van der Waals surface area contributed by atoms with Crippen molar-refractivity contribution in [3.63, 3.8) is 0 Å². The Labute approximate surface area is 76.7 Å². The third kappa shape index (κ3) is 1.41. The van der Waals surface area contributed by atoms with Crippen molar-refractivity contribution >= 4 is 5.78 Å². The fourth-order valence-corrected chi connectivity index (χ4v) is 1.46. The highest BCUT2D eigenvalue weighted by molar-refractivity contribution is 5.99. The summed E-state index contributed by atoms with van der Waals surface area (Å²) in [6.45, 7) is 3.78. The molecule has 2 rings (SSSR count). The zero-order chi connectivity index (χ0) is 9.47. The maximum atomic E-state index is 11.6. The minimum atomic E-state index is -0.418. The maximum absolute atomic E-state index is 11.6. The molecule has 2 heterocycles. The van der Waals surface area contributed by atoms with Crippen LogP contribution in [0.4, 0.5) is 0 Å². The minimum Gasteiger partial charge on any atom is -0.471 e. The predicted molar refractivity (Wildman–Crippen MR) is 47.9 cm³/mol. The molecule has 0 N–H and O–H groups in total. The molecule has 3 nitrogen and oxygen atoms in total. The predicted octanol–water partition coefficient (Wildman–Crippen LogP) is 1.83. The van der Waals surface area contributed by atoms with E-state index in [0.717, 1.165) is 0 Å². The van der Waals surface area contributed by atoms with E-state index in [1.165, 1.54) is 0 Å². The van der Waals surface area contributed by atoms with E-state index in [2.05, 4.69) is 4.98 Å². The van der Waals surface area contributed by atoms with Gasteiger partial charge in [0.15, 0.2) is 5.78 Å². The number of pyridine rings is 1. The molecular weight excluding hydrogens is 166 g/mol. The number of ketones is 1. The van der Waals surface area contributed by atoms with Crippen LogP contribution >= 0.6 is 0 Å². The van der Waals surface area contributed by atoms with Crippen molar-refractivity contribution in [2.75, 3.05) is 0 Å². The first kappa shape index (κ1) is 8.23. The van der Waals surface area contributed by atoms with E-state index < -0.39 is 5.60 Å². The molecule has 1 aromatic heterocycles. The second-order valence-electron chi connectivity index (χ2n) is 3.82. The van der Waals surface area contributed by atoms with Gasteiger partial charge < -0.3 is 4.74 Å². The lowest BCUT2D eigenvalue weighted by Crippen LogP contribution is -2.36. The van der Waals surface area contributed by atoms with Gasteiger partial charge in [0.05, 0.1) is 12.0 Å². The van der Waals surface area contributed by atoms with Gasteiger partial charge in [0.2, 0.25) is 5.88 Å². The summed E-state index contributed by atoms with van der Waals surface area (Å²) in [6, 6.07) is 3.50. The Hall–Kier alpha value is -1.38. The standard InChI is InChI=1S/C10H11NO2/c1-10(2)6-8(12)7-4-3-5-11-9(7)13-10/h3-5H,6H2,1-2H3. The van der Waals surface area contributed by atoms with Gasteiger partial charge in [-0.05, 0) is 26.0 Å². The van der Waals surface area contributed by atoms with Crippen LogP contribution in [0.3, 0.4) is 0 Å². The highest BCUT2D eigenvalue weighted by Gasteiger charge is 2.32. The molecule has 0 fully saturated rings. The van der Waals surface area contributed by atoms with Crippen molar-refractivity contribution in [1.29, 1.82) is 0 Å². The number of Topliss-reactive ketones (excluding diaryl/α,β-unsaturated/α-hetero) is 1. The van der Waals surface area contributed by atoms with Crippen LogP contribution < -0.4 is 4.74 Å². The Morgan fingerprint density at radius 2 is 2.31 bits per heavy atom. The fraction of sp³-hybridized carbons (Fsp3) is 0.400. The second-order valence-corrected chi connectivity index (χ2v) is 3.82. The van der Waals surface area contributed by atoms with Crippen LogP contribution in [0.15, 0.2) is 18.3 Å². The topological polar surface area (TPSA) is 39.2 Å². The lowest BCUT2D eigenvalue weighted by Gasteiger charge is -2.30. The molecule has 0 aliphatic carbocycles. The number of ether oxygens (including phenoxy) is 1. The zero-order valence-corrected chi connectivity index (χ0v) is 7.70. The lowest BCUT2D eigenvalue weighted by atomic mass is 9.95. The van der Waals surface area contributed by atoms with Crippen LogP contribution in [0.5, 0.6) is 5.88 Å². The van der Waals surface area contributed by atoms with E-state index in [1.807, 2.05) is 13.8 Å². The molecule has 1 aliphatic heterocycles. The van der Waals surface area contributed by atoms with Gasteiger partial charge >= 0.3 is 0 Å². The number of rotatable bonds is 0. The number of aromatic nitrogens is 1. The molecule has 0 unspecified atom stereocenters. The summed E-state index contributed by atoms with van der Waals surface area (Å²) in [5.74, 6) is 0.572. The van der Waals surface area contributed by atoms with Crippen LogP contribution in [-0.2, 0) is 0 Å². The van der Waals surface area contributed by atoms with E-state index in [1.54, 1.807) is 18.3 Å². The van der Waals surface area contributed by atoms with E-state index in [9.17, 15) is 4.79 Å². The van der Waals surface area contributed by atoms with Crippen LogP contribution in [0.2, 0.25) is 0 Å². The van der Waals surface area contributed by atoms with E-state index in [-0.39, 0.29) is 5.78 Å². The molecule has 0 saturated heterocycles. The second kappa shape index (κ2) is 2.55. The molecule has 1 aromatic rings.